The van der Waals surface area contributed by atoms with E-state index in [1.165, 1.54) is 5.69 Å². The second kappa shape index (κ2) is 19.1. The fourth-order valence-corrected chi connectivity index (χ4v) is 12.8. The Hall–Kier alpha value is -6.12. The highest BCUT2D eigenvalue weighted by atomic mass is 35.5. The Balaban J connectivity index is 0.745. The van der Waals surface area contributed by atoms with Gasteiger partial charge in [0.05, 0.1) is 34.9 Å². The molecular formula is C53H63ClF2N12O3. The number of halogens is 3. The van der Waals surface area contributed by atoms with E-state index >= 15 is 0 Å². The molecule has 10 rings (SSSR count). The summed E-state index contributed by atoms with van der Waals surface area (Å²) in [6.07, 6.45) is 10.3. The van der Waals surface area contributed by atoms with Crippen molar-refractivity contribution in [3.63, 3.8) is 0 Å². The topological polar surface area (TPSA) is 154 Å². The summed E-state index contributed by atoms with van der Waals surface area (Å²) < 4.78 is 39.8. The van der Waals surface area contributed by atoms with Crippen LogP contribution in [0.25, 0.3) is 11.1 Å². The lowest BCUT2D eigenvalue weighted by Gasteiger charge is -2.63. The first-order chi connectivity index (χ1) is 34.0. The molecule has 15 nitrogen and oxygen atoms in total. The van der Waals surface area contributed by atoms with Crippen LogP contribution in [0.5, 0.6) is 5.75 Å². The third kappa shape index (κ3) is 9.22. The van der Waals surface area contributed by atoms with Gasteiger partial charge in [-0.2, -0.15) is 15.5 Å². The number of fused-ring (bicyclic) bond motifs is 2. The van der Waals surface area contributed by atoms with Crippen LogP contribution in [0.15, 0.2) is 55.1 Å². The SMILES string of the molecule is CC(=O)N1CCc2c(c(N3CCCc4cc(-c5cnn(C)c5)c(C(F)F)cc43)nn2C2CCC(CN3CCN(c4ncc(C(=O)NC5C(C)(C)C(Oc6ccc(C#N)c(Cl)c6)C5(C)C)cn4)CC3)CC2)C1. The van der Waals surface area contributed by atoms with Crippen molar-refractivity contribution in [2.24, 2.45) is 23.8 Å². The number of anilines is 3. The molecule has 0 bridgehead atoms. The van der Waals surface area contributed by atoms with Gasteiger partial charge in [0.15, 0.2) is 5.82 Å². The molecule has 0 atom stereocenters. The van der Waals surface area contributed by atoms with Gasteiger partial charge in [0.25, 0.3) is 12.3 Å². The molecule has 18 heteroatoms. The van der Waals surface area contributed by atoms with Crippen molar-refractivity contribution in [1.29, 1.82) is 5.26 Å². The number of aryl methyl sites for hydroxylation is 2. The standard InChI is InChI=1S/C53H63ClF2N12O3/c1-32(69)66-17-15-44-42(31-66)47(67-16-7-8-34-22-40(37-28-60-63(6)30-37)41(46(55)56)24-45(34)67)62-68(44)38-12-9-33(10-13-38)29-64-18-20-65(21-19-64)51-58-26-36(27-59-51)48(70)61-49-52(2,3)50(53(49,4)5)71-39-14-11-35(25-57)43(54)23-39/h11,14,22-24,26-28,30,33,38,46,49-50H,7-10,12-13,15-21,29,31H2,1-6H3,(H,61,70). The van der Waals surface area contributed by atoms with E-state index in [0.717, 1.165) is 93.9 Å². The normalized spacial score (nSPS) is 22.9. The number of nitrogens with zero attached hydrogens (tertiary/aromatic N) is 11. The van der Waals surface area contributed by atoms with Gasteiger partial charge in [-0.3, -0.25) is 23.9 Å². The van der Waals surface area contributed by atoms with E-state index in [-0.39, 0.29) is 35.6 Å². The number of amides is 2. The number of aromatic nitrogens is 6. The van der Waals surface area contributed by atoms with Gasteiger partial charge in [-0.05, 0) is 79.8 Å². The third-order valence-corrected chi connectivity index (χ3v) is 16.4. The molecule has 2 aromatic carbocycles. The van der Waals surface area contributed by atoms with Crippen LogP contribution in [0.2, 0.25) is 5.02 Å². The molecular weight excluding hydrogens is 926 g/mol. The minimum atomic E-state index is -2.66. The van der Waals surface area contributed by atoms with E-state index < -0.39 is 17.3 Å². The number of rotatable bonds is 11. The molecule has 6 heterocycles. The fraction of sp³-hybridized carbons (Fsp3) is 0.528. The minimum Gasteiger partial charge on any atom is -0.489 e. The summed E-state index contributed by atoms with van der Waals surface area (Å²) in [5, 5.41) is 22.5. The van der Waals surface area contributed by atoms with Crippen molar-refractivity contribution >= 4 is 40.9 Å². The van der Waals surface area contributed by atoms with Crippen LogP contribution in [0, 0.1) is 28.1 Å². The molecule has 0 spiro atoms. The maximum atomic E-state index is 14.8. The molecule has 5 aliphatic rings. The Bertz CT molecular complexity index is 2840. The van der Waals surface area contributed by atoms with Crippen LogP contribution in [0.1, 0.15) is 117 Å². The first kappa shape index (κ1) is 48.5. The summed E-state index contributed by atoms with van der Waals surface area (Å²) in [6.45, 7) is 16.1. The zero-order valence-corrected chi connectivity index (χ0v) is 42.2. The highest BCUT2D eigenvalue weighted by molar-refractivity contribution is 6.31. The second-order valence-electron chi connectivity index (χ2n) is 21.4. The summed E-state index contributed by atoms with van der Waals surface area (Å²) in [6, 6.07) is 10.8. The summed E-state index contributed by atoms with van der Waals surface area (Å²) in [4.78, 5) is 44.3. The second-order valence-corrected chi connectivity index (χ2v) is 21.9. The van der Waals surface area contributed by atoms with Crippen molar-refractivity contribution < 1.29 is 23.1 Å². The molecule has 3 aromatic heterocycles. The molecule has 0 unspecified atom stereocenters. The van der Waals surface area contributed by atoms with Gasteiger partial charge in [0, 0.05) is 136 Å². The van der Waals surface area contributed by atoms with Gasteiger partial charge in [-0.25, -0.2) is 18.7 Å². The predicted octanol–water partition coefficient (Wildman–Crippen LogP) is 8.69. The molecule has 71 heavy (non-hydrogen) atoms. The average molecular weight is 990 g/mol. The van der Waals surface area contributed by atoms with Gasteiger partial charge >= 0.3 is 0 Å². The van der Waals surface area contributed by atoms with Gasteiger partial charge in [0.1, 0.15) is 17.9 Å². The Labute approximate surface area is 419 Å². The van der Waals surface area contributed by atoms with E-state index in [9.17, 15) is 23.6 Å². The van der Waals surface area contributed by atoms with Crippen molar-refractivity contribution in [2.45, 2.75) is 111 Å². The number of nitrogens with one attached hydrogen (secondary N) is 1. The third-order valence-electron chi connectivity index (χ3n) is 16.1. The van der Waals surface area contributed by atoms with Crippen molar-refractivity contribution in [2.75, 3.05) is 55.6 Å². The number of piperazine rings is 1. The lowest BCUT2D eigenvalue weighted by Crippen LogP contribution is -2.74. The summed E-state index contributed by atoms with van der Waals surface area (Å²) in [5.41, 5.74) is 5.16. The van der Waals surface area contributed by atoms with Crippen molar-refractivity contribution in [1.82, 2.24) is 44.6 Å². The number of ether oxygens (including phenoxy) is 1. The fourth-order valence-electron chi connectivity index (χ4n) is 12.6. The molecule has 0 radical (unpaired) electrons. The van der Waals surface area contributed by atoms with Crippen LogP contribution in [-0.2, 0) is 31.2 Å². The Morgan fingerprint density at radius 1 is 0.958 bits per heavy atom. The average Bonchev–Trinajstić information content (AvgIpc) is 3.98. The highest BCUT2D eigenvalue weighted by Gasteiger charge is 2.64. The number of hydrogen-bond acceptors (Lipinski definition) is 11. The number of carbonyl (C=O) groups excluding carboxylic acids is 2. The molecule has 3 aliphatic heterocycles. The summed E-state index contributed by atoms with van der Waals surface area (Å²) in [7, 11) is 1.79. The van der Waals surface area contributed by atoms with Crippen LogP contribution in [0.3, 0.4) is 0 Å². The smallest absolute Gasteiger partial charge is 0.264 e. The van der Waals surface area contributed by atoms with E-state index in [2.05, 4.69) is 73.5 Å². The minimum absolute atomic E-state index is 0.0135. The largest absolute Gasteiger partial charge is 0.489 e. The maximum absolute atomic E-state index is 14.8. The maximum Gasteiger partial charge on any atom is 0.264 e. The number of alkyl halides is 2. The summed E-state index contributed by atoms with van der Waals surface area (Å²) >= 11 is 6.28. The molecule has 2 saturated carbocycles. The van der Waals surface area contributed by atoms with E-state index in [1.807, 2.05) is 11.0 Å². The van der Waals surface area contributed by atoms with Gasteiger partial charge < -0.3 is 24.8 Å². The summed E-state index contributed by atoms with van der Waals surface area (Å²) in [5.74, 6) is 2.34. The number of hydrogen-bond donors (Lipinski definition) is 1. The quantitative estimate of drug-likeness (QED) is 0.135. The molecule has 1 saturated heterocycles. The van der Waals surface area contributed by atoms with E-state index in [0.29, 0.717) is 70.9 Å². The Morgan fingerprint density at radius 2 is 1.69 bits per heavy atom. The first-order valence-corrected chi connectivity index (χ1v) is 25.4. The zero-order chi connectivity index (χ0) is 49.9. The number of benzene rings is 2. The number of nitriles is 1. The predicted molar refractivity (Wildman–Crippen MR) is 267 cm³/mol. The molecule has 2 aliphatic carbocycles. The van der Waals surface area contributed by atoms with Crippen LogP contribution in [-0.4, -0.2) is 109 Å². The lowest BCUT2D eigenvalue weighted by molar-refractivity contribution is -0.164. The Morgan fingerprint density at radius 3 is 2.34 bits per heavy atom. The lowest BCUT2D eigenvalue weighted by atomic mass is 9.49. The van der Waals surface area contributed by atoms with Crippen LogP contribution < -0.4 is 19.9 Å². The van der Waals surface area contributed by atoms with Crippen LogP contribution >= 0.6 is 11.6 Å². The first-order valence-electron chi connectivity index (χ1n) is 25.0. The van der Waals surface area contributed by atoms with Gasteiger partial charge in [-0.1, -0.05) is 39.3 Å². The number of carbonyl (C=O) groups is 2. The van der Waals surface area contributed by atoms with Crippen molar-refractivity contribution in [3.05, 3.63) is 93.7 Å². The zero-order valence-electron chi connectivity index (χ0n) is 41.5. The van der Waals surface area contributed by atoms with Crippen LogP contribution in [0.4, 0.5) is 26.2 Å². The molecule has 1 N–H and O–H groups in total. The molecule has 2 amide bonds. The monoisotopic (exact) mass is 988 g/mol. The van der Waals surface area contributed by atoms with E-state index in [1.54, 1.807) is 67.7 Å². The molecule has 374 valence electrons. The molecule has 5 aromatic rings. The Kier molecular flexibility index (Phi) is 13.1. The highest BCUT2D eigenvalue weighted by Crippen LogP contribution is 2.56. The van der Waals surface area contributed by atoms with Gasteiger partial charge in [-0.15, -0.1) is 0 Å². The molecule has 3 fully saturated rings. The van der Waals surface area contributed by atoms with Crippen molar-refractivity contribution in [3.8, 4) is 22.9 Å². The van der Waals surface area contributed by atoms with Gasteiger partial charge in [0.2, 0.25) is 11.9 Å². The van der Waals surface area contributed by atoms with E-state index in [4.69, 9.17) is 21.4 Å².